The summed E-state index contributed by atoms with van der Waals surface area (Å²) in [6.07, 6.45) is 1.55. The van der Waals surface area contributed by atoms with Crippen molar-refractivity contribution in [2.75, 3.05) is 32.8 Å². The van der Waals surface area contributed by atoms with E-state index in [0.717, 1.165) is 11.4 Å². The number of alkyl halides is 2. The first-order valence-corrected chi connectivity index (χ1v) is 15.9. The molecule has 0 saturated carbocycles. The number of hydrogen-bond acceptors (Lipinski definition) is 4. The minimum absolute atomic E-state index is 0.0184. The molecule has 0 bridgehead atoms. The molecule has 44 heavy (non-hydrogen) atoms. The Labute approximate surface area is 270 Å². The number of rotatable bonds is 9. The summed E-state index contributed by atoms with van der Waals surface area (Å²) in [7, 11) is 0. The number of primary amides is 1. The van der Waals surface area contributed by atoms with Gasteiger partial charge >= 0.3 is 0 Å². The third-order valence-corrected chi connectivity index (χ3v) is 9.68. The lowest BCUT2D eigenvalue weighted by molar-refractivity contribution is -0.140. The molecule has 0 aliphatic carbocycles. The third kappa shape index (κ3) is 6.63. The summed E-state index contributed by atoms with van der Waals surface area (Å²) in [5.74, 6) is -3.51. The van der Waals surface area contributed by atoms with Crippen LogP contribution in [0.5, 0.6) is 0 Å². The van der Waals surface area contributed by atoms with Crippen LogP contribution in [-0.2, 0) is 11.2 Å². The SMILES string of the molecule is NC(=O)C1(N2CCC(F)(F)CC2)CCN(C(=O)c2cc(-c3ccc(Cl)cc3Cl)n(-c3ccc(Cl)cc3)c2CCCCO)CC1. The predicted octanol–water partition coefficient (Wildman–Crippen LogP) is 6.61. The molecule has 3 aromatic rings. The molecule has 236 valence electrons. The van der Waals surface area contributed by atoms with Gasteiger partial charge in [0, 0.05) is 72.6 Å². The average molecular weight is 668 g/mol. The summed E-state index contributed by atoms with van der Waals surface area (Å²) < 4.78 is 29.8. The van der Waals surface area contributed by atoms with Crippen molar-refractivity contribution in [1.82, 2.24) is 14.4 Å². The van der Waals surface area contributed by atoms with E-state index in [9.17, 15) is 23.5 Å². The summed E-state index contributed by atoms with van der Waals surface area (Å²) in [5.41, 5.74) is 8.18. The van der Waals surface area contributed by atoms with E-state index in [4.69, 9.17) is 40.5 Å². The number of carbonyl (C=O) groups is 2. The smallest absolute Gasteiger partial charge is 0.255 e. The summed E-state index contributed by atoms with van der Waals surface area (Å²) in [6.45, 7) is 0.661. The van der Waals surface area contributed by atoms with Crippen LogP contribution in [0, 0.1) is 0 Å². The van der Waals surface area contributed by atoms with Gasteiger partial charge in [-0.25, -0.2) is 8.78 Å². The Morgan fingerprint density at radius 2 is 1.50 bits per heavy atom. The standard InChI is InChI=1S/C32H35Cl3F2N4O3/c33-21-4-7-23(8-5-21)41-27(3-1-2-18-42)25(20-28(41)24-9-6-22(34)19-26(24)35)29(43)39-14-10-31(11-15-39,30(38)44)40-16-12-32(36,37)13-17-40/h4-9,19-20,42H,1-3,10-18H2,(H2,38,44). The molecule has 2 fully saturated rings. The molecule has 0 radical (unpaired) electrons. The molecular weight excluding hydrogens is 633 g/mol. The maximum absolute atomic E-state index is 14.3. The van der Waals surface area contributed by atoms with Crippen molar-refractivity contribution in [2.45, 2.75) is 56.4 Å². The Bertz CT molecular complexity index is 1510. The van der Waals surface area contributed by atoms with E-state index in [1.54, 1.807) is 34.1 Å². The Kier molecular flexibility index (Phi) is 9.92. The first kappa shape index (κ1) is 32.7. The van der Waals surface area contributed by atoms with E-state index in [0.29, 0.717) is 51.2 Å². The van der Waals surface area contributed by atoms with Gasteiger partial charge in [0.2, 0.25) is 5.91 Å². The number of halogens is 5. The molecule has 1 aromatic heterocycles. The molecule has 2 saturated heterocycles. The molecule has 2 aromatic carbocycles. The zero-order valence-corrected chi connectivity index (χ0v) is 26.4. The van der Waals surface area contributed by atoms with E-state index in [2.05, 4.69) is 0 Å². The summed E-state index contributed by atoms with van der Waals surface area (Å²) in [5, 5.41) is 11.0. The van der Waals surface area contributed by atoms with Crippen LogP contribution in [0.1, 0.15) is 54.6 Å². The zero-order valence-electron chi connectivity index (χ0n) is 24.2. The predicted molar refractivity (Wildman–Crippen MR) is 169 cm³/mol. The van der Waals surface area contributed by atoms with E-state index < -0.39 is 17.4 Å². The van der Waals surface area contributed by atoms with E-state index in [1.807, 2.05) is 28.8 Å². The molecule has 2 amide bonds. The highest BCUT2D eigenvalue weighted by atomic mass is 35.5. The van der Waals surface area contributed by atoms with Gasteiger partial charge < -0.3 is 20.3 Å². The van der Waals surface area contributed by atoms with E-state index >= 15 is 0 Å². The van der Waals surface area contributed by atoms with Crippen LogP contribution in [0.4, 0.5) is 8.78 Å². The fourth-order valence-corrected chi connectivity index (χ4v) is 7.03. The number of unbranched alkanes of at least 4 members (excludes halogenated alkanes) is 1. The van der Waals surface area contributed by atoms with Crippen LogP contribution in [0.2, 0.25) is 15.1 Å². The van der Waals surface area contributed by atoms with Gasteiger partial charge in [0.1, 0.15) is 5.54 Å². The van der Waals surface area contributed by atoms with Crippen LogP contribution in [-0.4, -0.2) is 75.5 Å². The molecule has 2 aliphatic heterocycles. The molecule has 0 spiro atoms. The second kappa shape index (κ2) is 13.3. The van der Waals surface area contributed by atoms with Gasteiger partial charge in [0.25, 0.3) is 11.8 Å². The van der Waals surface area contributed by atoms with Crippen molar-refractivity contribution in [2.24, 2.45) is 5.73 Å². The second-order valence-corrected chi connectivity index (χ2v) is 12.8. The number of aliphatic hydroxyl groups excluding tert-OH is 1. The Morgan fingerprint density at radius 3 is 2.09 bits per heavy atom. The fourth-order valence-electron chi connectivity index (χ4n) is 6.40. The second-order valence-electron chi connectivity index (χ2n) is 11.5. The number of aromatic nitrogens is 1. The molecule has 3 heterocycles. The molecule has 7 nitrogen and oxygen atoms in total. The monoisotopic (exact) mass is 666 g/mol. The number of piperidine rings is 2. The topological polar surface area (TPSA) is 91.8 Å². The zero-order chi connectivity index (χ0) is 31.6. The lowest BCUT2D eigenvalue weighted by atomic mass is 9.83. The van der Waals surface area contributed by atoms with E-state index in [-0.39, 0.29) is 64.4 Å². The van der Waals surface area contributed by atoms with Crippen molar-refractivity contribution in [3.05, 3.63) is 74.9 Å². The lowest BCUT2D eigenvalue weighted by Gasteiger charge is -2.49. The van der Waals surface area contributed by atoms with Crippen LogP contribution >= 0.6 is 34.8 Å². The van der Waals surface area contributed by atoms with Crippen molar-refractivity contribution in [1.29, 1.82) is 0 Å². The maximum Gasteiger partial charge on any atom is 0.255 e. The van der Waals surface area contributed by atoms with Gasteiger partial charge in [-0.05, 0) is 80.6 Å². The molecule has 5 rings (SSSR count). The number of nitrogens with zero attached hydrogens (tertiary/aromatic N) is 3. The minimum atomic E-state index is -2.75. The third-order valence-electron chi connectivity index (χ3n) is 8.88. The van der Waals surface area contributed by atoms with Crippen molar-refractivity contribution < 1.29 is 23.5 Å². The molecule has 0 unspecified atom stereocenters. The Hall–Kier alpha value is -2.69. The quantitative estimate of drug-likeness (QED) is 0.251. The minimum Gasteiger partial charge on any atom is -0.396 e. The highest BCUT2D eigenvalue weighted by molar-refractivity contribution is 6.36. The normalized spacial score (nSPS) is 18.4. The van der Waals surface area contributed by atoms with Crippen LogP contribution in [0.15, 0.2) is 48.5 Å². The first-order chi connectivity index (χ1) is 21.0. The Balaban J connectivity index is 1.52. The van der Waals surface area contributed by atoms with Crippen molar-refractivity contribution in [3.8, 4) is 16.9 Å². The first-order valence-electron chi connectivity index (χ1n) is 14.7. The summed E-state index contributed by atoms with van der Waals surface area (Å²) in [6, 6.07) is 14.3. The Morgan fingerprint density at radius 1 is 0.864 bits per heavy atom. The highest BCUT2D eigenvalue weighted by Crippen LogP contribution is 2.39. The van der Waals surface area contributed by atoms with Crippen LogP contribution in [0.25, 0.3) is 16.9 Å². The number of hydrogen-bond donors (Lipinski definition) is 2. The van der Waals surface area contributed by atoms with Gasteiger partial charge in [-0.3, -0.25) is 14.5 Å². The number of aliphatic hydroxyl groups is 1. The molecular formula is C32H35Cl3F2N4O3. The fraction of sp³-hybridized carbons (Fsp3) is 0.438. The lowest BCUT2D eigenvalue weighted by Crippen LogP contribution is -2.64. The number of amides is 2. The van der Waals surface area contributed by atoms with Crippen molar-refractivity contribution >= 4 is 46.6 Å². The van der Waals surface area contributed by atoms with Crippen LogP contribution < -0.4 is 5.73 Å². The van der Waals surface area contributed by atoms with E-state index in [1.165, 1.54) is 0 Å². The average Bonchev–Trinajstić information content (AvgIpc) is 3.36. The number of carbonyl (C=O) groups excluding carboxylic acids is 2. The van der Waals surface area contributed by atoms with Gasteiger partial charge in [-0.15, -0.1) is 0 Å². The summed E-state index contributed by atoms with van der Waals surface area (Å²) in [4.78, 5) is 30.5. The molecule has 0 atom stereocenters. The van der Waals surface area contributed by atoms with Crippen LogP contribution in [0.3, 0.4) is 0 Å². The van der Waals surface area contributed by atoms with Gasteiger partial charge in [0.05, 0.1) is 16.3 Å². The number of likely N-dealkylation sites (tertiary alicyclic amines) is 2. The number of nitrogens with two attached hydrogens (primary N) is 1. The summed E-state index contributed by atoms with van der Waals surface area (Å²) >= 11 is 19.1. The molecule has 12 heteroatoms. The van der Waals surface area contributed by atoms with Crippen molar-refractivity contribution in [3.63, 3.8) is 0 Å². The molecule has 3 N–H and O–H groups in total. The molecule has 2 aliphatic rings. The maximum atomic E-state index is 14.3. The number of benzene rings is 2. The van der Waals surface area contributed by atoms with Gasteiger partial charge in [-0.1, -0.05) is 34.8 Å². The highest BCUT2D eigenvalue weighted by Gasteiger charge is 2.49. The van der Waals surface area contributed by atoms with Gasteiger partial charge in [-0.2, -0.15) is 0 Å². The van der Waals surface area contributed by atoms with Gasteiger partial charge in [0.15, 0.2) is 0 Å². The largest absolute Gasteiger partial charge is 0.396 e.